The van der Waals surface area contributed by atoms with Crippen LogP contribution in [0, 0.1) is 24.1 Å². The summed E-state index contributed by atoms with van der Waals surface area (Å²) in [5.74, 6) is 0.455. The fourth-order valence-corrected chi connectivity index (χ4v) is 3.00. The fraction of sp³-hybridized carbons (Fsp3) is 0.389. The van der Waals surface area contributed by atoms with Crippen LogP contribution in [-0.2, 0) is 6.42 Å². The molecule has 0 saturated carbocycles. The van der Waals surface area contributed by atoms with Gasteiger partial charge in [0, 0.05) is 31.9 Å². The lowest BCUT2D eigenvalue weighted by atomic mass is 10.2. The molecular formula is C18H20FN5. The molecule has 0 spiro atoms. The van der Waals surface area contributed by atoms with E-state index in [1.54, 1.807) is 12.1 Å². The van der Waals surface area contributed by atoms with E-state index in [4.69, 9.17) is 0 Å². The molecule has 1 fully saturated rings. The number of hydrogen-bond acceptors (Lipinski definition) is 5. The van der Waals surface area contributed by atoms with Crippen LogP contribution >= 0.6 is 0 Å². The van der Waals surface area contributed by atoms with E-state index in [1.165, 1.54) is 12.1 Å². The highest BCUT2D eigenvalue weighted by atomic mass is 19.1. The van der Waals surface area contributed by atoms with E-state index in [9.17, 15) is 9.65 Å². The minimum Gasteiger partial charge on any atom is -0.368 e. The maximum Gasteiger partial charge on any atom is 0.183 e. The van der Waals surface area contributed by atoms with Gasteiger partial charge in [0.15, 0.2) is 11.5 Å². The van der Waals surface area contributed by atoms with Crippen molar-refractivity contribution in [1.29, 1.82) is 5.26 Å². The topological polar surface area (TPSA) is 56.1 Å². The molecule has 1 aliphatic rings. The number of aromatic nitrogens is 2. The largest absolute Gasteiger partial charge is 0.368 e. The van der Waals surface area contributed by atoms with E-state index < -0.39 is 0 Å². The fourth-order valence-electron chi connectivity index (χ4n) is 3.00. The van der Waals surface area contributed by atoms with Gasteiger partial charge in [-0.05, 0) is 37.6 Å². The second kappa shape index (κ2) is 6.83. The Bertz CT molecular complexity index is 758. The van der Waals surface area contributed by atoms with E-state index >= 15 is 0 Å². The summed E-state index contributed by atoms with van der Waals surface area (Å²) in [6, 6.07) is 8.72. The molecule has 24 heavy (non-hydrogen) atoms. The van der Waals surface area contributed by atoms with Gasteiger partial charge in [0.2, 0.25) is 0 Å². The van der Waals surface area contributed by atoms with E-state index in [0.717, 1.165) is 49.7 Å². The van der Waals surface area contributed by atoms with E-state index in [-0.39, 0.29) is 5.82 Å². The van der Waals surface area contributed by atoms with Gasteiger partial charge in [-0.2, -0.15) is 5.26 Å². The predicted octanol–water partition coefficient (Wildman–Crippen LogP) is 2.68. The molecule has 6 heteroatoms. The SMILES string of the molecule is CCc1nc(N2CCN(c3ccc(F)cc3)CC2)c(C#N)nc1C. The van der Waals surface area contributed by atoms with Crippen LogP contribution in [0.3, 0.4) is 0 Å². The first-order chi connectivity index (χ1) is 11.6. The van der Waals surface area contributed by atoms with Crippen LogP contribution in [0.2, 0.25) is 0 Å². The summed E-state index contributed by atoms with van der Waals surface area (Å²) in [5.41, 5.74) is 3.16. The number of aryl methyl sites for hydroxylation is 2. The lowest BCUT2D eigenvalue weighted by Gasteiger charge is -2.37. The van der Waals surface area contributed by atoms with Crippen molar-refractivity contribution >= 4 is 11.5 Å². The highest BCUT2D eigenvalue weighted by Crippen LogP contribution is 2.22. The number of halogens is 1. The molecule has 124 valence electrons. The smallest absolute Gasteiger partial charge is 0.183 e. The minimum absolute atomic E-state index is 0.224. The summed E-state index contributed by atoms with van der Waals surface area (Å²) in [5, 5.41) is 9.37. The second-order valence-corrected chi connectivity index (χ2v) is 5.84. The maximum atomic E-state index is 13.1. The van der Waals surface area contributed by atoms with E-state index in [2.05, 4.69) is 25.8 Å². The van der Waals surface area contributed by atoms with Gasteiger partial charge in [-0.3, -0.25) is 0 Å². The number of hydrogen-bond donors (Lipinski definition) is 0. The zero-order valence-corrected chi connectivity index (χ0v) is 14.0. The van der Waals surface area contributed by atoms with Gasteiger partial charge >= 0.3 is 0 Å². The van der Waals surface area contributed by atoms with Crippen molar-refractivity contribution in [3.8, 4) is 6.07 Å². The molecular weight excluding hydrogens is 305 g/mol. The van der Waals surface area contributed by atoms with Crippen LogP contribution in [0.25, 0.3) is 0 Å². The number of nitriles is 1. The van der Waals surface area contributed by atoms with Crippen molar-refractivity contribution in [3.05, 3.63) is 47.2 Å². The molecule has 0 bridgehead atoms. The zero-order chi connectivity index (χ0) is 17.1. The van der Waals surface area contributed by atoms with Crippen LogP contribution in [0.15, 0.2) is 24.3 Å². The molecule has 2 heterocycles. The summed E-state index contributed by atoms with van der Waals surface area (Å²) in [7, 11) is 0. The number of rotatable bonds is 3. The van der Waals surface area contributed by atoms with Gasteiger partial charge in [0.25, 0.3) is 0 Å². The Morgan fingerprint density at radius 3 is 2.29 bits per heavy atom. The molecule has 2 aromatic rings. The van der Waals surface area contributed by atoms with Crippen LogP contribution in [-0.4, -0.2) is 36.1 Å². The van der Waals surface area contributed by atoms with Gasteiger partial charge in [-0.1, -0.05) is 6.92 Å². The molecule has 3 rings (SSSR count). The minimum atomic E-state index is -0.224. The van der Waals surface area contributed by atoms with Gasteiger partial charge in [-0.25, -0.2) is 14.4 Å². The Balaban J connectivity index is 1.77. The van der Waals surface area contributed by atoms with Crippen molar-refractivity contribution in [2.45, 2.75) is 20.3 Å². The number of anilines is 2. The Labute approximate surface area is 141 Å². The predicted molar refractivity (Wildman–Crippen MR) is 91.7 cm³/mol. The van der Waals surface area contributed by atoms with E-state index in [0.29, 0.717) is 11.5 Å². The normalized spacial score (nSPS) is 14.6. The highest BCUT2D eigenvalue weighted by Gasteiger charge is 2.22. The molecule has 1 saturated heterocycles. The van der Waals surface area contributed by atoms with Gasteiger partial charge in [0.05, 0.1) is 11.4 Å². The number of piperazine rings is 1. The monoisotopic (exact) mass is 325 g/mol. The average Bonchev–Trinajstić information content (AvgIpc) is 2.62. The highest BCUT2D eigenvalue weighted by molar-refractivity contribution is 5.54. The van der Waals surface area contributed by atoms with Gasteiger partial charge < -0.3 is 9.80 Å². The summed E-state index contributed by atoms with van der Waals surface area (Å²) < 4.78 is 13.1. The third-order valence-electron chi connectivity index (χ3n) is 4.36. The maximum absolute atomic E-state index is 13.1. The first-order valence-corrected chi connectivity index (χ1v) is 8.15. The van der Waals surface area contributed by atoms with Crippen LogP contribution in [0.1, 0.15) is 24.0 Å². The molecule has 1 aromatic heterocycles. The molecule has 0 atom stereocenters. The summed E-state index contributed by atoms with van der Waals surface area (Å²) in [4.78, 5) is 13.4. The lowest BCUT2D eigenvalue weighted by Crippen LogP contribution is -2.47. The second-order valence-electron chi connectivity index (χ2n) is 5.84. The summed E-state index contributed by atoms with van der Waals surface area (Å²) >= 11 is 0. The molecule has 1 aliphatic heterocycles. The van der Waals surface area contributed by atoms with Crippen molar-refractivity contribution in [1.82, 2.24) is 9.97 Å². The molecule has 0 unspecified atom stereocenters. The molecule has 0 aliphatic carbocycles. The first-order valence-electron chi connectivity index (χ1n) is 8.15. The Morgan fingerprint density at radius 1 is 1.08 bits per heavy atom. The van der Waals surface area contributed by atoms with Gasteiger partial charge in [-0.15, -0.1) is 0 Å². The third kappa shape index (κ3) is 3.16. The number of nitrogens with zero attached hydrogens (tertiary/aromatic N) is 5. The summed E-state index contributed by atoms with van der Waals surface area (Å²) in [6.07, 6.45) is 0.799. The van der Waals surface area contributed by atoms with E-state index in [1.807, 2.05) is 13.8 Å². The van der Waals surface area contributed by atoms with Crippen LogP contribution in [0.5, 0.6) is 0 Å². The molecule has 1 aromatic carbocycles. The third-order valence-corrected chi connectivity index (χ3v) is 4.36. The first kappa shape index (κ1) is 16.2. The van der Waals surface area contributed by atoms with Crippen molar-refractivity contribution in [3.63, 3.8) is 0 Å². The van der Waals surface area contributed by atoms with Crippen molar-refractivity contribution < 1.29 is 4.39 Å². The van der Waals surface area contributed by atoms with Crippen LogP contribution < -0.4 is 9.80 Å². The Kier molecular flexibility index (Phi) is 4.61. The molecule has 0 N–H and O–H groups in total. The van der Waals surface area contributed by atoms with Crippen molar-refractivity contribution in [2.75, 3.05) is 36.0 Å². The molecule has 5 nitrogen and oxygen atoms in total. The summed E-state index contributed by atoms with van der Waals surface area (Å²) in [6.45, 7) is 7.04. The zero-order valence-electron chi connectivity index (χ0n) is 14.0. The Hall–Kier alpha value is -2.68. The average molecular weight is 325 g/mol. The van der Waals surface area contributed by atoms with Gasteiger partial charge in [0.1, 0.15) is 11.9 Å². The lowest BCUT2D eigenvalue weighted by molar-refractivity contribution is 0.623. The van der Waals surface area contributed by atoms with Crippen LogP contribution in [0.4, 0.5) is 15.9 Å². The molecule has 0 radical (unpaired) electrons. The number of benzene rings is 1. The molecule has 0 amide bonds. The Morgan fingerprint density at radius 2 is 1.71 bits per heavy atom. The quantitative estimate of drug-likeness (QED) is 0.868. The van der Waals surface area contributed by atoms with Crippen molar-refractivity contribution in [2.24, 2.45) is 0 Å². The standard InChI is InChI=1S/C18H20FN5/c1-3-16-13(2)21-17(12-20)18(22-16)24-10-8-23(9-11-24)15-6-4-14(19)5-7-15/h4-7H,3,8-11H2,1-2H3.